The van der Waals surface area contributed by atoms with Gasteiger partial charge >= 0.3 is 5.97 Å². The Labute approximate surface area is 117 Å². The van der Waals surface area contributed by atoms with Crippen LogP contribution in [0.5, 0.6) is 0 Å². The molecular weight excluding hydrogens is 262 g/mol. The molecule has 0 aliphatic heterocycles. The molecule has 0 spiro atoms. The highest BCUT2D eigenvalue weighted by atomic mass is 16.5. The van der Waals surface area contributed by atoms with E-state index in [-0.39, 0.29) is 6.61 Å². The van der Waals surface area contributed by atoms with Crippen LogP contribution in [0.1, 0.15) is 12.5 Å². The first-order chi connectivity index (χ1) is 9.45. The van der Waals surface area contributed by atoms with Crippen molar-refractivity contribution in [2.45, 2.75) is 18.6 Å². The van der Waals surface area contributed by atoms with E-state index in [4.69, 9.17) is 14.6 Å². The second-order valence-electron chi connectivity index (χ2n) is 4.42. The van der Waals surface area contributed by atoms with E-state index in [0.717, 1.165) is 0 Å². The predicted molar refractivity (Wildman–Crippen MR) is 72.2 cm³/mol. The van der Waals surface area contributed by atoms with Gasteiger partial charge in [0.05, 0.1) is 6.61 Å². The van der Waals surface area contributed by atoms with Gasteiger partial charge in [-0.05, 0) is 12.5 Å². The molecular formula is C14H19NO5. The minimum absolute atomic E-state index is 0.115. The first-order valence-electron chi connectivity index (χ1n) is 6.09. The molecule has 1 amide bonds. The number of nitrogens with one attached hydrogen (secondary N) is 1. The maximum Gasteiger partial charge on any atom is 0.328 e. The number of amides is 1. The molecule has 0 saturated heterocycles. The van der Waals surface area contributed by atoms with Crippen molar-refractivity contribution in [3.05, 3.63) is 35.9 Å². The molecule has 6 nitrogen and oxygen atoms in total. The lowest BCUT2D eigenvalue weighted by Crippen LogP contribution is -2.51. The lowest BCUT2D eigenvalue weighted by molar-refractivity contribution is -0.150. The Morgan fingerprint density at radius 3 is 2.35 bits per heavy atom. The number of benzene rings is 1. The summed E-state index contributed by atoms with van der Waals surface area (Å²) in [5.41, 5.74) is -0.621. The second kappa shape index (κ2) is 7.02. The third kappa shape index (κ3) is 3.55. The van der Waals surface area contributed by atoms with Crippen LogP contribution in [0.2, 0.25) is 0 Å². The number of carbonyl (C=O) groups excluding carboxylic acids is 1. The Morgan fingerprint density at radius 1 is 1.30 bits per heavy atom. The van der Waals surface area contributed by atoms with Crippen LogP contribution >= 0.6 is 0 Å². The number of carbonyl (C=O) groups is 2. The number of methoxy groups -OCH3 is 2. The zero-order valence-corrected chi connectivity index (χ0v) is 11.8. The van der Waals surface area contributed by atoms with Gasteiger partial charge in [0.15, 0.2) is 11.6 Å². The lowest BCUT2D eigenvalue weighted by atomic mass is 9.94. The van der Waals surface area contributed by atoms with Gasteiger partial charge in [0.1, 0.15) is 0 Å². The third-order valence-electron chi connectivity index (χ3n) is 3.10. The van der Waals surface area contributed by atoms with Crippen molar-refractivity contribution in [3.8, 4) is 0 Å². The van der Waals surface area contributed by atoms with Crippen LogP contribution < -0.4 is 5.32 Å². The molecule has 0 fully saturated rings. The van der Waals surface area contributed by atoms with Crippen LogP contribution in [0.3, 0.4) is 0 Å². The number of carboxylic acids is 1. The fraction of sp³-hybridized carbons (Fsp3) is 0.429. The van der Waals surface area contributed by atoms with Crippen LogP contribution in [-0.4, -0.2) is 43.9 Å². The van der Waals surface area contributed by atoms with Crippen molar-refractivity contribution in [1.82, 2.24) is 5.32 Å². The van der Waals surface area contributed by atoms with E-state index in [1.807, 2.05) is 6.07 Å². The third-order valence-corrected chi connectivity index (χ3v) is 3.10. The summed E-state index contributed by atoms with van der Waals surface area (Å²) in [4.78, 5) is 23.4. The predicted octanol–water partition coefficient (Wildman–Crippen LogP) is 0.764. The van der Waals surface area contributed by atoms with Crippen LogP contribution in [-0.2, 0) is 24.7 Å². The van der Waals surface area contributed by atoms with Crippen LogP contribution in [0, 0.1) is 0 Å². The van der Waals surface area contributed by atoms with Gasteiger partial charge in [-0.15, -0.1) is 0 Å². The molecule has 6 heteroatoms. The smallest absolute Gasteiger partial charge is 0.328 e. The lowest BCUT2D eigenvalue weighted by Gasteiger charge is -2.28. The van der Waals surface area contributed by atoms with Crippen molar-refractivity contribution in [2.24, 2.45) is 0 Å². The molecule has 1 aromatic carbocycles. The summed E-state index contributed by atoms with van der Waals surface area (Å²) in [6.45, 7) is 1.47. The molecule has 2 unspecified atom stereocenters. The highest BCUT2D eigenvalue weighted by Crippen LogP contribution is 2.24. The molecule has 0 aliphatic carbocycles. The topological polar surface area (TPSA) is 84.9 Å². The quantitative estimate of drug-likeness (QED) is 0.771. The number of aliphatic carboxylic acids is 1. The molecule has 2 atom stereocenters. The number of carboxylic acid groups (broad SMARTS) is 1. The largest absolute Gasteiger partial charge is 0.480 e. The molecule has 1 rings (SSSR count). The molecule has 20 heavy (non-hydrogen) atoms. The normalized spacial score (nSPS) is 15.2. The van der Waals surface area contributed by atoms with E-state index in [1.54, 1.807) is 31.2 Å². The van der Waals surface area contributed by atoms with Gasteiger partial charge in [-0.1, -0.05) is 30.3 Å². The van der Waals surface area contributed by atoms with Gasteiger partial charge in [-0.25, -0.2) is 4.79 Å². The van der Waals surface area contributed by atoms with Crippen molar-refractivity contribution >= 4 is 11.9 Å². The van der Waals surface area contributed by atoms with Gasteiger partial charge in [-0.3, -0.25) is 4.79 Å². The Bertz CT molecular complexity index is 462. The molecule has 110 valence electrons. The van der Waals surface area contributed by atoms with Gasteiger partial charge < -0.3 is 19.9 Å². The molecule has 0 heterocycles. The van der Waals surface area contributed by atoms with E-state index < -0.39 is 23.5 Å². The summed E-state index contributed by atoms with van der Waals surface area (Å²) in [7, 11) is 2.77. The zero-order chi connectivity index (χ0) is 15.2. The fourth-order valence-corrected chi connectivity index (χ4v) is 1.74. The average molecular weight is 281 g/mol. The number of hydrogen-bond acceptors (Lipinski definition) is 4. The summed E-state index contributed by atoms with van der Waals surface area (Å²) in [5.74, 6) is -1.69. The Balaban J connectivity index is 2.94. The average Bonchev–Trinajstić information content (AvgIpc) is 2.46. The van der Waals surface area contributed by atoms with Gasteiger partial charge in [0.25, 0.3) is 5.91 Å². The van der Waals surface area contributed by atoms with Crippen LogP contribution in [0.15, 0.2) is 30.3 Å². The molecule has 0 saturated carbocycles. The summed E-state index contributed by atoms with van der Waals surface area (Å²) >= 11 is 0. The first kappa shape index (κ1) is 16.1. The molecule has 0 aromatic heterocycles. The maximum atomic E-state index is 12.3. The number of hydrogen-bond donors (Lipinski definition) is 2. The maximum absolute atomic E-state index is 12.3. The molecule has 1 aromatic rings. The minimum atomic E-state index is -1.26. The standard InChI is InChI=1S/C14H19NO5/c1-14(20-3,10-7-5-4-6-8-10)13(18)15-11(9-19-2)12(16)17/h4-8,11H,9H2,1-3H3,(H,15,18)(H,16,17). The van der Waals surface area contributed by atoms with Crippen molar-refractivity contribution in [2.75, 3.05) is 20.8 Å². The Kier molecular flexibility index (Phi) is 5.66. The first-order valence-corrected chi connectivity index (χ1v) is 6.09. The number of ether oxygens (including phenoxy) is 2. The SMILES string of the molecule is COCC(NC(=O)C(C)(OC)c1ccccc1)C(=O)O. The summed E-state index contributed by atoms with van der Waals surface area (Å²) < 4.78 is 10.1. The molecule has 2 N–H and O–H groups in total. The van der Waals surface area contributed by atoms with Crippen molar-refractivity contribution in [1.29, 1.82) is 0 Å². The van der Waals surface area contributed by atoms with E-state index >= 15 is 0 Å². The van der Waals surface area contributed by atoms with Crippen LogP contribution in [0.4, 0.5) is 0 Å². The van der Waals surface area contributed by atoms with Gasteiger partial charge in [-0.2, -0.15) is 0 Å². The monoisotopic (exact) mass is 281 g/mol. The minimum Gasteiger partial charge on any atom is -0.480 e. The molecule has 0 bridgehead atoms. The van der Waals surface area contributed by atoms with Gasteiger partial charge in [0, 0.05) is 14.2 Å². The van der Waals surface area contributed by atoms with E-state index in [0.29, 0.717) is 5.56 Å². The summed E-state index contributed by atoms with van der Waals surface area (Å²) in [6, 6.07) is 7.76. The highest BCUT2D eigenvalue weighted by Gasteiger charge is 2.37. The summed E-state index contributed by atoms with van der Waals surface area (Å²) in [5, 5.41) is 11.4. The van der Waals surface area contributed by atoms with Crippen molar-refractivity contribution < 1.29 is 24.2 Å². The second-order valence-corrected chi connectivity index (χ2v) is 4.42. The highest BCUT2D eigenvalue weighted by molar-refractivity contribution is 5.90. The number of rotatable bonds is 7. The Hall–Kier alpha value is -1.92. The van der Waals surface area contributed by atoms with Crippen molar-refractivity contribution in [3.63, 3.8) is 0 Å². The zero-order valence-electron chi connectivity index (χ0n) is 11.8. The van der Waals surface area contributed by atoms with Crippen LogP contribution in [0.25, 0.3) is 0 Å². The van der Waals surface area contributed by atoms with E-state index in [2.05, 4.69) is 5.32 Å². The Morgan fingerprint density at radius 2 is 1.90 bits per heavy atom. The fourth-order valence-electron chi connectivity index (χ4n) is 1.74. The molecule has 0 aliphatic rings. The van der Waals surface area contributed by atoms with E-state index in [9.17, 15) is 9.59 Å². The molecule has 0 radical (unpaired) electrons. The van der Waals surface area contributed by atoms with E-state index in [1.165, 1.54) is 14.2 Å². The van der Waals surface area contributed by atoms with Gasteiger partial charge in [0.2, 0.25) is 0 Å². The summed E-state index contributed by atoms with van der Waals surface area (Å²) in [6.07, 6.45) is 0.